The number of hydrogen-bond acceptors (Lipinski definition) is 7. The summed E-state index contributed by atoms with van der Waals surface area (Å²) in [6.07, 6.45) is 3.88. The normalized spacial score (nSPS) is 18.9. The molecule has 9 heteroatoms. The molecular weight excluding hydrogens is 432 g/mol. The Kier molecular flexibility index (Phi) is 7.57. The van der Waals surface area contributed by atoms with Crippen molar-refractivity contribution in [3.05, 3.63) is 31.9 Å². The van der Waals surface area contributed by atoms with E-state index in [9.17, 15) is 14.9 Å². The highest BCUT2D eigenvalue weighted by atomic mass is 32.2. The van der Waals surface area contributed by atoms with Crippen LogP contribution in [0.15, 0.2) is 9.70 Å². The molecule has 0 atom stereocenters. The summed E-state index contributed by atoms with van der Waals surface area (Å²) in [7, 11) is 1.58. The van der Waals surface area contributed by atoms with E-state index in [1.807, 2.05) is 6.92 Å². The molecule has 3 rings (SSSR count). The van der Waals surface area contributed by atoms with E-state index in [1.54, 1.807) is 24.7 Å². The Morgan fingerprint density at radius 1 is 1.32 bits per heavy atom. The van der Waals surface area contributed by atoms with Crippen LogP contribution in [0, 0.1) is 24.2 Å². The van der Waals surface area contributed by atoms with Crippen molar-refractivity contribution in [2.75, 3.05) is 38.3 Å². The molecule has 166 valence electrons. The highest BCUT2D eigenvalue weighted by molar-refractivity contribution is 8.26. The van der Waals surface area contributed by atoms with Crippen LogP contribution in [0.5, 0.6) is 0 Å². The number of amides is 1. The second-order valence-corrected chi connectivity index (χ2v) is 9.57. The predicted octanol–water partition coefficient (Wildman–Crippen LogP) is 3.13. The molecule has 0 unspecified atom stereocenters. The number of piperidine rings is 1. The SMILES string of the molecule is CCn1c(N2CCC(C)CC2)c(C=C2SC(=S)N(CCOC)C2=O)c(C)c(C#N)c1=O. The maximum absolute atomic E-state index is 13.0. The standard InChI is InChI=1S/C22H28N4O3S2/c1-5-25-19(24-8-6-14(2)7-9-24)16(15(3)17(13-23)20(25)27)12-18-21(28)26(10-11-29-4)22(30)31-18/h12,14H,5-11H2,1-4H3. The third-order valence-corrected chi connectivity index (χ3v) is 7.29. The van der Waals surface area contributed by atoms with Crippen LogP contribution in [0.4, 0.5) is 5.82 Å². The second-order valence-electron chi connectivity index (χ2n) is 7.89. The van der Waals surface area contributed by atoms with E-state index < -0.39 is 0 Å². The Morgan fingerprint density at radius 2 is 2.00 bits per heavy atom. The van der Waals surface area contributed by atoms with Crippen LogP contribution in [0.2, 0.25) is 0 Å². The van der Waals surface area contributed by atoms with Crippen LogP contribution >= 0.6 is 24.0 Å². The van der Waals surface area contributed by atoms with Gasteiger partial charge in [0.25, 0.3) is 11.5 Å². The molecule has 0 bridgehead atoms. The number of carbonyl (C=O) groups excluding carboxylic acids is 1. The Hall–Kier alpha value is -2.15. The molecule has 0 spiro atoms. The number of ether oxygens (including phenoxy) is 1. The third kappa shape index (κ3) is 4.56. The van der Waals surface area contributed by atoms with Gasteiger partial charge in [-0.05, 0) is 44.2 Å². The van der Waals surface area contributed by atoms with Crippen molar-refractivity contribution in [2.45, 2.75) is 40.2 Å². The van der Waals surface area contributed by atoms with Crippen molar-refractivity contribution in [3.8, 4) is 6.07 Å². The summed E-state index contributed by atoms with van der Waals surface area (Å²) in [5.74, 6) is 1.26. The molecule has 0 aliphatic carbocycles. The molecule has 0 radical (unpaired) electrons. The summed E-state index contributed by atoms with van der Waals surface area (Å²) in [6, 6.07) is 2.07. The van der Waals surface area contributed by atoms with E-state index in [4.69, 9.17) is 17.0 Å². The second kappa shape index (κ2) is 9.98. The molecule has 2 saturated heterocycles. The molecule has 3 heterocycles. The summed E-state index contributed by atoms with van der Waals surface area (Å²) in [5.41, 5.74) is 1.20. The number of hydrogen-bond donors (Lipinski definition) is 0. The molecule has 2 aliphatic rings. The smallest absolute Gasteiger partial charge is 0.270 e. The highest BCUT2D eigenvalue weighted by Gasteiger charge is 2.33. The fraction of sp³-hybridized carbons (Fsp3) is 0.545. The Morgan fingerprint density at radius 3 is 2.58 bits per heavy atom. The number of rotatable bonds is 6. The molecule has 2 fully saturated rings. The van der Waals surface area contributed by atoms with Crippen molar-refractivity contribution in [2.24, 2.45) is 5.92 Å². The first-order chi connectivity index (χ1) is 14.8. The van der Waals surface area contributed by atoms with Crippen molar-refractivity contribution in [1.82, 2.24) is 9.47 Å². The van der Waals surface area contributed by atoms with Crippen LogP contribution in [-0.4, -0.2) is 53.0 Å². The van der Waals surface area contributed by atoms with E-state index in [0.29, 0.717) is 40.4 Å². The number of nitriles is 1. The zero-order valence-electron chi connectivity index (χ0n) is 18.4. The van der Waals surface area contributed by atoms with Crippen LogP contribution < -0.4 is 10.5 Å². The average Bonchev–Trinajstić information content (AvgIpc) is 3.02. The number of aromatic nitrogens is 1. The predicted molar refractivity (Wildman–Crippen MR) is 128 cm³/mol. The van der Waals surface area contributed by atoms with Crippen LogP contribution in [0.3, 0.4) is 0 Å². The summed E-state index contributed by atoms with van der Waals surface area (Å²) in [6.45, 7) is 8.84. The number of thioether (sulfide) groups is 1. The van der Waals surface area contributed by atoms with Gasteiger partial charge in [-0.1, -0.05) is 30.9 Å². The third-order valence-electron chi connectivity index (χ3n) is 5.91. The zero-order chi connectivity index (χ0) is 22.7. The lowest BCUT2D eigenvalue weighted by Crippen LogP contribution is -2.39. The Labute approximate surface area is 192 Å². The minimum absolute atomic E-state index is 0.122. The van der Waals surface area contributed by atoms with E-state index in [0.717, 1.165) is 37.3 Å². The quantitative estimate of drug-likeness (QED) is 0.477. The number of pyridine rings is 1. The van der Waals surface area contributed by atoms with Gasteiger partial charge >= 0.3 is 0 Å². The molecule has 1 amide bonds. The van der Waals surface area contributed by atoms with Gasteiger partial charge in [0.1, 0.15) is 21.8 Å². The Balaban J connectivity index is 2.16. The van der Waals surface area contributed by atoms with Gasteiger partial charge < -0.3 is 9.64 Å². The molecule has 7 nitrogen and oxygen atoms in total. The lowest BCUT2D eigenvalue weighted by atomic mass is 9.97. The minimum atomic E-state index is -0.277. The average molecular weight is 461 g/mol. The summed E-state index contributed by atoms with van der Waals surface area (Å²) >= 11 is 6.65. The number of carbonyl (C=O) groups is 1. The van der Waals surface area contributed by atoms with E-state index in [1.165, 1.54) is 16.7 Å². The number of anilines is 1. The molecule has 0 N–H and O–H groups in total. The maximum Gasteiger partial charge on any atom is 0.270 e. The topological polar surface area (TPSA) is 78.6 Å². The van der Waals surface area contributed by atoms with Crippen LogP contribution in [-0.2, 0) is 16.1 Å². The zero-order valence-corrected chi connectivity index (χ0v) is 20.1. The molecule has 1 aromatic heterocycles. The minimum Gasteiger partial charge on any atom is -0.383 e. The number of thiocarbonyl (C=S) groups is 1. The molecule has 0 aromatic carbocycles. The lowest BCUT2D eigenvalue weighted by Gasteiger charge is -2.35. The lowest BCUT2D eigenvalue weighted by molar-refractivity contribution is -0.122. The van der Waals surface area contributed by atoms with E-state index >= 15 is 0 Å². The van der Waals surface area contributed by atoms with E-state index in [-0.39, 0.29) is 17.0 Å². The van der Waals surface area contributed by atoms with Crippen molar-refractivity contribution < 1.29 is 9.53 Å². The number of nitrogens with zero attached hydrogens (tertiary/aromatic N) is 4. The van der Waals surface area contributed by atoms with Crippen molar-refractivity contribution in [1.29, 1.82) is 5.26 Å². The Bertz CT molecular complexity index is 1020. The first kappa shape index (κ1) is 23.5. The fourth-order valence-electron chi connectivity index (χ4n) is 4.01. The highest BCUT2D eigenvalue weighted by Crippen LogP contribution is 2.36. The molecule has 0 saturated carbocycles. The van der Waals surface area contributed by atoms with Crippen molar-refractivity contribution in [3.63, 3.8) is 0 Å². The van der Waals surface area contributed by atoms with Gasteiger partial charge in [-0.2, -0.15) is 5.26 Å². The largest absolute Gasteiger partial charge is 0.383 e. The van der Waals surface area contributed by atoms with Crippen LogP contribution in [0.1, 0.15) is 43.4 Å². The maximum atomic E-state index is 13.0. The molecule has 1 aromatic rings. The number of methoxy groups -OCH3 is 1. The molecule has 31 heavy (non-hydrogen) atoms. The van der Waals surface area contributed by atoms with Gasteiger partial charge in [-0.25, -0.2) is 0 Å². The fourth-order valence-corrected chi connectivity index (χ4v) is 5.30. The van der Waals surface area contributed by atoms with Gasteiger partial charge in [-0.15, -0.1) is 0 Å². The molecular formula is C22H28N4O3S2. The summed E-state index contributed by atoms with van der Waals surface area (Å²) in [5, 5.41) is 9.66. The van der Waals surface area contributed by atoms with E-state index in [2.05, 4.69) is 17.9 Å². The van der Waals surface area contributed by atoms with Gasteiger partial charge in [0.2, 0.25) is 0 Å². The molecule has 2 aliphatic heterocycles. The van der Waals surface area contributed by atoms with Crippen molar-refractivity contribution >= 4 is 46.1 Å². The summed E-state index contributed by atoms with van der Waals surface area (Å²) in [4.78, 5) is 30.3. The van der Waals surface area contributed by atoms with Gasteiger partial charge in [0, 0.05) is 32.3 Å². The summed E-state index contributed by atoms with van der Waals surface area (Å²) < 4.78 is 7.25. The van der Waals surface area contributed by atoms with Crippen LogP contribution in [0.25, 0.3) is 6.08 Å². The first-order valence-corrected chi connectivity index (χ1v) is 11.7. The van der Waals surface area contributed by atoms with Gasteiger partial charge in [-0.3, -0.25) is 19.1 Å². The first-order valence-electron chi connectivity index (χ1n) is 10.5. The van der Waals surface area contributed by atoms with Gasteiger partial charge in [0.15, 0.2) is 0 Å². The van der Waals surface area contributed by atoms with Gasteiger partial charge in [0.05, 0.1) is 18.1 Å². The monoisotopic (exact) mass is 460 g/mol.